The standard InChI is InChI=1S/C10H15N3O2S/c1-7-6-8(11)2-5-10(7)13-16(14,15)12-9-3-4-9/h2,5-6,9,12-13H,3-4,11H2,1H3. The van der Waals surface area contributed by atoms with Gasteiger partial charge < -0.3 is 5.73 Å². The van der Waals surface area contributed by atoms with Crippen molar-refractivity contribution in [2.75, 3.05) is 10.5 Å². The van der Waals surface area contributed by atoms with Crippen molar-refractivity contribution in [2.45, 2.75) is 25.8 Å². The highest BCUT2D eigenvalue weighted by molar-refractivity contribution is 7.90. The highest BCUT2D eigenvalue weighted by Gasteiger charge is 2.26. The van der Waals surface area contributed by atoms with E-state index in [0.717, 1.165) is 18.4 Å². The molecule has 6 heteroatoms. The highest BCUT2D eigenvalue weighted by Crippen LogP contribution is 2.22. The number of hydrogen-bond donors (Lipinski definition) is 3. The van der Waals surface area contributed by atoms with E-state index in [9.17, 15) is 8.42 Å². The Kier molecular flexibility index (Phi) is 2.77. The van der Waals surface area contributed by atoms with Crippen LogP contribution in [0.25, 0.3) is 0 Å². The van der Waals surface area contributed by atoms with Crippen LogP contribution >= 0.6 is 0 Å². The molecule has 0 bridgehead atoms. The largest absolute Gasteiger partial charge is 0.399 e. The first kappa shape index (κ1) is 11.2. The van der Waals surface area contributed by atoms with Crippen molar-refractivity contribution in [3.63, 3.8) is 0 Å². The zero-order valence-electron chi connectivity index (χ0n) is 9.03. The molecule has 1 aliphatic carbocycles. The predicted molar refractivity (Wildman–Crippen MR) is 64.3 cm³/mol. The van der Waals surface area contributed by atoms with E-state index >= 15 is 0 Å². The first-order chi connectivity index (χ1) is 7.46. The van der Waals surface area contributed by atoms with Crippen LogP contribution in [0.2, 0.25) is 0 Å². The fourth-order valence-corrected chi connectivity index (χ4v) is 2.65. The number of benzene rings is 1. The van der Waals surface area contributed by atoms with Crippen molar-refractivity contribution in [1.82, 2.24) is 4.72 Å². The Morgan fingerprint density at radius 2 is 2.06 bits per heavy atom. The maximum absolute atomic E-state index is 11.6. The van der Waals surface area contributed by atoms with Gasteiger partial charge in [-0.25, -0.2) is 0 Å². The summed E-state index contributed by atoms with van der Waals surface area (Å²) in [6.45, 7) is 1.81. The maximum Gasteiger partial charge on any atom is 0.299 e. The van der Waals surface area contributed by atoms with Gasteiger partial charge >= 0.3 is 0 Å². The Labute approximate surface area is 95.2 Å². The van der Waals surface area contributed by atoms with Crippen LogP contribution in [-0.4, -0.2) is 14.5 Å². The van der Waals surface area contributed by atoms with Gasteiger partial charge in [0.05, 0.1) is 5.69 Å². The Morgan fingerprint density at radius 1 is 1.38 bits per heavy atom. The molecule has 1 aromatic carbocycles. The number of aryl methyl sites for hydroxylation is 1. The molecule has 2 rings (SSSR count). The minimum Gasteiger partial charge on any atom is -0.399 e. The average Bonchev–Trinajstić information content (AvgIpc) is 2.93. The molecule has 1 fully saturated rings. The summed E-state index contributed by atoms with van der Waals surface area (Å²) in [5.74, 6) is 0. The van der Waals surface area contributed by atoms with E-state index in [-0.39, 0.29) is 6.04 Å². The molecule has 0 heterocycles. The molecular formula is C10H15N3O2S. The van der Waals surface area contributed by atoms with Gasteiger partial charge in [0.15, 0.2) is 0 Å². The van der Waals surface area contributed by atoms with Gasteiger partial charge in [-0.1, -0.05) is 0 Å². The van der Waals surface area contributed by atoms with Gasteiger partial charge in [0.25, 0.3) is 10.2 Å². The monoisotopic (exact) mass is 241 g/mol. The zero-order chi connectivity index (χ0) is 11.8. The van der Waals surface area contributed by atoms with E-state index in [2.05, 4.69) is 9.44 Å². The van der Waals surface area contributed by atoms with E-state index in [0.29, 0.717) is 11.4 Å². The Hall–Kier alpha value is -1.27. The Morgan fingerprint density at radius 3 is 2.62 bits per heavy atom. The van der Waals surface area contributed by atoms with Gasteiger partial charge in [0.2, 0.25) is 0 Å². The summed E-state index contributed by atoms with van der Waals surface area (Å²) in [5.41, 5.74) is 7.57. The van der Waals surface area contributed by atoms with Crippen LogP contribution in [0.5, 0.6) is 0 Å². The number of anilines is 2. The molecule has 0 saturated heterocycles. The second kappa shape index (κ2) is 3.95. The minimum absolute atomic E-state index is 0.103. The molecule has 88 valence electrons. The lowest BCUT2D eigenvalue weighted by molar-refractivity contribution is 0.586. The molecule has 0 aliphatic heterocycles. The third-order valence-electron chi connectivity index (χ3n) is 2.39. The molecule has 4 N–H and O–H groups in total. The van der Waals surface area contributed by atoms with Crippen LogP contribution in [0.15, 0.2) is 18.2 Å². The van der Waals surface area contributed by atoms with Crippen LogP contribution in [0.3, 0.4) is 0 Å². The molecule has 1 aliphatic rings. The molecule has 0 amide bonds. The molecule has 16 heavy (non-hydrogen) atoms. The quantitative estimate of drug-likeness (QED) is 0.687. The fraction of sp³-hybridized carbons (Fsp3) is 0.400. The number of nitrogens with two attached hydrogens (primary N) is 1. The Balaban J connectivity index is 2.13. The highest BCUT2D eigenvalue weighted by atomic mass is 32.2. The van der Waals surface area contributed by atoms with Gasteiger partial charge in [-0.05, 0) is 43.5 Å². The van der Waals surface area contributed by atoms with Crippen LogP contribution in [0.4, 0.5) is 11.4 Å². The molecular weight excluding hydrogens is 226 g/mol. The first-order valence-corrected chi connectivity index (χ1v) is 6.61. The van der Waals surface area contributed by atoms with Crippen molar-refractivity contribution < 1.29 is 8.42 Å². The topological polar surface area (TPSA) is 84.2 Å². The summed E-state index contributed by atoms with van der Waals surface area (Å²) in [5, 5.41) is 0. The molecule has 5 nitrogen and oxygen atoms in total. The van der Waals surface area contributed by atoms with E-state index in [4.69, 9.17) is 5.73 Å². The van der Waals surface area contributed by atoms with Gasteiger partial charge in [0.1, 0.15) is 0 Å². The summed E-state index contributed by atoms with van der Waals surface area (Å²) in [4.78, 5) is 0. The summed E-state index contributed by atoms with van der Waals surface area (Å²) >= 11 is 0. The average molecular weight is 241 g/mol. The smallest absolute Gasteiger partial charge is 0.299 e. The number of hydrogen-bond acceptors (Lipinski definition) is 3. The van der Waals surface area contributed by atoms with E-state index < -0.39 is 10.2 Å². The molecule has 0 aromatic heterocycles. The second-order valence-corrected chi connectivity index (χ2v) is 5.52. The SMILES string of the molecule is Cc1cc(N)ccc1NS(=O)(=O)NC1CC1. The van der Waals surface area contributed by atoms with E-state index in [1.807, 2.05) is 6.92 Å². The summed E-state index contributed by atoms with van der Waals surface area (Å²) in [6.07, 6.45) is 1.84. The summed E-state index contributed by atoms with van der Waals surface area (Å²) in [6, 6.07) is 5.17. The van der Waals surface area contributed by atoms with E-state index in [1.54, 1.807) is 18.2 Å². The lowest BCUT2D eigenvalue weighted by atomic mass is 10.2. The van der Waals surface area contributed by atoms with Gasteiger partial charge in [-0.15, -0.1) is 0 Å². The van der Waals surface area contributed by atoms with Crippen LogP contribution in [0, 0.1) is 6.92 Å². The summed E-state index contributed by atoms with van der Waals surface area (Å²) < 4.78 is 28.3. The summed E-state index contributed by atoms with van der Waals surface area (Å²) in [7, 11) is -3.45. The zero-order valence-corrected chi connectivity index (χ0v) is 9.84. The van der Waals surface area contributed by atoms with Crippen LogP contribution < -0.4 is 15.2 Å². The second-order valence-electron chi connectivity index (χ2n) is 4.07. The molecule has 0 atom stereocenters. The van der Waals surface area contributed by atoms with Crippen LogP contribution in [0.1, 0.15) is 18.4 Å². The molecule has 0 radical (unpaired) electrons. The van der Waals surface area contributed by atoms with Crippen molar-refractivity contribution in [3.8, 4) is 0 Å². The molecule has 1 saturated carbocycles. The lowest BCUT2D eigenvalue weighted by Crippen LogP contribution is -2.31. The number of rotatable bonds is 4. The molecule has 0 unspecified atom stereocenters. The number of nitrogens with one attached hydrogen (secondary N) is 2. The Bertz CT molecular complexity index is 495. The van der Waals surface area contributed by atoms with Gasteiger partial charge in [-0.2, -0.15) is 13.1 Å². The third kappa shape index (κ3) is 2.86. The third-order valence-corrected chi connectivity index (χ3v) is 3.53. The van der Waals surface area contributed by atoms with Crippen molar-refractivity contribution in [2.24, 2.45) is 0 Å². The number of nitrogen functional groups attached to an aromatic ring is 1. The van der Waals surface area contributed by atoms with Crippen molar-refractivity contribution >= 4 is 21.6 Å². The van der Waals surface area contributed by atoms with E-state index in [1.165, 1.54) is 0 Å². The van der Waals surface area contributed by atoms with Gasteiger partial charge in [-0.3, -0.25) is 4.72 Å². The normalized spacial score (nSPS) is 16.1. The van der Waals surface area contributed by atoms with Crippen LogP contribution in [-0.2, 0) is 10.2 Å². The first-order valence-electron chi connectivity index (χ1n) is 5.12. The predicted octanol–water partition coefficient (Wildman–Crippen LogP) is 0.986. The van der Waals surface area contributed by atoms with Crippen molar-refractivity contribution in [3.05, 3.63) is 23.8 Å². The molecule has 0 spiro atoms. The maximum atomic E-state index is 11.6. The van der Waals surface area contributed by atoms with Gasteiger partial charge in [0, 0.05) is 11.7 Å². The lowest BCUT2D eigenvalue weighted by Gasteiger charge is -2.11. The fourth-order valence-electron chi connectivity index (χ4n) is 1.40. The van der Waals surface area contributed by atoms with Crippen molar-refractivity contribution in [1.29, 1.82) is 0 Å². The minimum atomic E-state index is -3.45. The molecule has 1 aromatic rings.